The van der Waals surface area contributed by atoms with Crippen LogP contribution in [0.25, 0.3) is 0 Å². The highest BCUT2D eigenvalue weighted by Crippen LogP contribution is 2.30. The molecule has 94 valence electrons. The van der Waals surface area contributed by atoms with E-state index < -0.39 is 0 Å². The van der Waals surface area contributed by atoms with Crippen molar-refractivity contribution in [3.05, 3.63) is 58.7 Å². The Kier molecular flexibility index (Phi) is 3.28. The van der Waals surface area contributed by atoms with Gasteiger partial charge in [-0.15, -0.1) is 0 Å². The molecule has 0 fully saturated rings. The molecule has 2 N–H and O–H groups in total. The van der Waals surface area contributed by atoms with Crippen LogP contribution in [-0.4, -0.2) is 10.2 Å². The van der Waals surface area contributed by atoms with Crippen LogP contribution in [0, 0.1) is 13.8 Å². The summed E-state index contributed by atoms with van der Waals surface area (Å²) < 4.78 is 0. The Hall–Kier alpha value is -1.96. The second-order valence-corrected chi connectivity index (χ2v) is 4.81. The molecule has 0 amide bonds. The fourth-order valence-electron chi connectivity index (χ4n) is 1.98. The molecule has 2 nitrogen and oxygen atoms in total. The van der Waals surface area contributed by atoms with Gasteiger partial charge in [-0.1, -0.05) is 31.2 Å². The third-order valence-corrected chi connectivity index (χ3v) is 3.47. The number of phenols is 2. The van der Waals surface area contributed by atoms with Gasteiger partial charge < -0.3 is 10.2 Å². The smallest absolute Gasteiger partial charge is 0.118 e. The van der Waals surface area contributed by atoms with Crippen LogP contribution in [0.1, 0.15) is 35.1 Å². The van der Waals surface area contributed by atoms with Crippen molar-refractivity contribution in [3.63, 3.8) is 0 Å². The number of phenolic OH excluding ortho intramolecular Hbond substituents is 2. The quantitative estimate of drug-likeness (QED) is 0.839. The lowest BCUT2D eigenvalue weighted by molar-refractivity contribution is 0.469. The molecule has 2 heteroatoms. The van der Waals surface area contributed by atoms with Gasteiger partial charge in [0.25, 0.3) is 0 Å². The molecule has 0 aromatic heterocycles. The van der Waals surface area contributed by atoms with Gasteiger partial charge in [0.15, 0.2) is 0 Å². The summed E-state index contributed by atoms with van der Waals surface area (Å²) in [5.41, 5.74) is 3.83. The third-order valence-electron chi connectivity index (χ3n) is 3.47. The second-order valence-electron chi connectivity index (χ2n) is 4.81. The SMILES string of the molecule is Cc1ccc(C(C)c2ccc(C)c(O)c2)cc1O. The Morgan fingerprint density at radius 2 is 1.17 bits per heavy atom. The molecule has 2 aromatic carbocycles. The van der Waals surface area contributed by atoms with E-state index in [1.54, 1.807) is 12.1 Å². The molecule has 0 unspecified atom stereocenters. The van der Waals surface area contributed by atoms with E-state index in [4.69, 9.17) is 0 Å². The molecule has 0 bridgehead atoms. The Labute approximate surface area is 108 Å². The molecule has 0 saturated carbocycles. The lowest BCUT2D eigenvalue weighted by atomic mass is 9.91. The zero-order valence-corrected chi connectivity index (χ0v) is 10.9. The minimum atomic E-state index is 0.142. The predicted molar refractivity (Wildman–Crippen MR) is 73.2 cm³/mol. The van der Waals surface area contributed by atoms with Crippen molar-refractivity contribution in [1.29, 1.82) is 0 Å². The van der Waals surface area contributed by atoms with Gasteiger partial charge in [0.1, 0.15) is 11.5 Å². The molecule has 0 aliphatic heterocycles. The first-order valence-electron chi connectivity index (χ1n) is 6.08. The summed E-state index contributed by atoms with van der Waals surface area (Å²) in [4.78, 5) is 0. The molecule has 0 aliphatic rings. The van der Waals surface area contributed by atoms with E-state index in [1.807, 2.05) is 38.1 Å². The first kappa shape index (κ1) is 12.5. The summed E-state index contributed by atoms with van der Waals surface area (Å²) >= 11 is 0. The van der Waals surface area contributed by atoms with Crippen LogP contribution in [0.2, 0.25) is 0 Å². The molecule has 0 aliphatic carbocycles. The van der Waals surface area contributed by atoms with Gasteiger partial charge in [-0.2, -0.15) is 0 Å². The van der Waals surface area contributed by atoms with Crippen molar-refractivity contribution in [1.82, 2.24) is 0 Å². The minimum absolute atomic E-state index is 0.142. The highest BCUT2D eigenvalue weighted by atomic mass is 16.3. The molecule has 18 heavy (non-hydrogen) atoms. The van der Waals surface area contributed by atoms with Crippen molar-refractivity contribution in [3.8, 4) is 11.5 Å². The van der Waals surface area contributed by atoms with Gasteiger partial charge in [0, 0.05) is 5.92 Å². The van der Waals surface area contributed by atoms with Gasteiger partial charge in [-0.25, -0.2) is 0 Å². The van der Waals surface area contributed by atoms with E-state index in [2.05, 4.69) is 6.92 Å². The van der Waals surface area contributed by atoms with E-state index in [0.717, 1.165) is 22.3 Å². The van der Waals surface area contributed by atoms with Crippen molar-refractivity contribution >= 4 is 0 Å². The van der Waals surface area contributed by atoms with Crippen molar-refractivity contribution < 1.29 is 10.2 Å². The maximum atomic E-state index is 9.75. The first-order valence-corrected chi connectivity index (χ1v) is 6.08. The Morgan fingerprint density at radius 1 is 0.778 bits per heavy atom. The van der Waals surface area contributed by atoms with Gasteiger partial charge in [0.05, 0.1) is 0 Å². The summed E-state index contributed by atoms with van der Waals surface area (Å²) in [6, 6.07) is 11.4. The van der Waals surface area contributed by atoms with E-state index >= 15 is 0 Å². The molecule has 0 radical (unpaired) electrons. The molecule has 2 rings (SSSR count). The Balaban J connectivity index is 2.37. The van der Waals surface area contributed by atoms with Gasteiger partial charge >= 0.3 is 0 Å². The van der Waals surface area contributed by atoms with Crippen LogP contribution in [0.4, 0.5) is 0 Å². The molecule has 0 saturated heterocycles. The highest BCUT2D eigenvalue weighted by molar-refractivity contribution is 5.43. The highest BCUT2D eigenvalue weighted by Gasteiger charge is 2.11. The average molecular weight is 242 g/mol. The topological polar surface area (TPSA) is 40.5 Å². The standard InChI is InChI=1S/C16H18O2/c1-10-4-6-13(8-15(10)17)12(3)14-7-5-11(2)16(18)9-14/h4-9,12,17-18H,1-3H3. The monoisotopic (exact) mass is 242 g/mol. The lowest BCUT2D eigenvalue weighted by Gasteiger charge is -2.14. The summed E-state index contributed by atoms with van der Waals surface area (Å²) in [7, 11) is 0. The van der Waals surface area contributed by atoms with Crippen LogP contribution in [0.3, 0.4) is 0 Å². The van der Waals surface area contributed by atoms with Gasteiger partial charge in [0.2, 0.25) is 0 Å². The summed E-state index contributed by atoms with van der Waals surface area (Å²) in [6.07, 6.45) is 0. The molecule has 0 heterocycles. The van der Waals surface area contributed by atoms with Crippen LogP contribution in [-0.2, 0) is 0 Å². The molecule has 0 spiro atoms. The average Bonchev–Trinajstić information content (AvgIpc) is 2.35. The Morgan fingerprint density at radius 3 is 1.50 bits per heavy atom. The molecule has 2 aromatic rings. The second kappa shape index (κ2) is 4.73. The molecular formula is C16H18O2. The predicted octanol–water partition coefficient (Wildman–Crippen LogP) is 3.87. The largest absolute Gasteiger partial charge is 0.508 e. The van der Waals surface area contributed by atoms with Crippen LogP contribution in [0.15, 0.2) is 36.4 Å². The van der Waals surface area contributed by atoms with Crippen molar-refractivity contribution in [2.45, 2.75) is 26.7 Å². The zero-order valence-electron chi connectivity index (χ0n) is 10.9. The van der Waals surface area contributed by atoms with Crippen molar-refractivity contribution in [2.24, 2.45) is 0 Å². The fourth-order valence-corrected chi connectivity index (χ4v) is 1.98. The van der Waals surface area contributed by atoms with Gasteiger partial charge in [-0.3, -0.25) is 0 Å². The number of benzene rings is 2. The summed E-state index contributed by atoms with van der Waals surface area (Å²) in [5.74, 6) is 0.773. The molecule has 0 atom stereocenters. The van der Waals surface area contributed by atoms with Crippen molar-refractivity contribution in [2.75, 3.05) is 0 Å². The fraction of sp³-hybridized carbons (Fsp3) is 0.250. The van der Waals surface area contributed by atoms with E-state index in [9.17, 15) is 10.2 Å². The summed E-state index contributed by atoms with van der Waals surface area (Å²) in [6.45, 7) is 5.82. The number of hydrogen-bond acceptors (Lipinski definition) is 2. The lowest BCUT2D eigenvalue weighted by Crippen LogP contribution is -1.96. The maximum Gasteiger partial charge on any atom is 0.118 e. The number of rotatable bonds is 2. The first-order chi connectivity index (χ1) is 8.49. The number of aromatic hydroxyl groups is 2. The van der Waals surface area contributed by atoms with Crippen LogP contribution < -0.4 is 0 Å². The zero-order chi connectivity index (χ0) is 13.3. The van der Waals surface area contributed by atoms with Crippen LogP contribution in [0.5, 0.6) is 11.5 Å². The number of aryl methyl sites for hydroxylation is 2. The Bertz CT molecular complexity index is 522. The third kappa shape index (κ3) is 2.33. The number of hydrogen-bond donors (Lipinski definition) is 2. The van der Waals surface area contributed by atoms with E-state index in [1.165, 1.54) is 0 Å². The normalized spacial score (nSPS) is 10.9. The summed E-state index contributed by atoms with van der Waals surface area (Å²) in [5, 5.41) is 19.5. The molecular weight excluding hydrogens is 224 g/mol. The van der Waals surface area contributed by atoms with E-state index in [-0.39, 0.29) is 5.92 Å². The van der Waals surface area contributed by atoms with Crippen LogP contribution >= 0.6 is 0 Å². The minimum Gasteiger partial charge on any atom is -0.508 e. The van der Waals surface area contributed by atoms with E-state index in [0.29, 0.717) is 11.5 Å². The maximum absolute atomic E-state index is 9.75. The van der Waals surface area contributed by atoms with Gasteiger partial charge in [-0.05, 0) is 48.2 Å².